The smallest absolute Gasteiger partial charge is 0.322 e. The molecule has 2 aliphatic rings. The number of aliphatic hydroxyl groups excluding tert-OH is 1. The minimum absolute atomic E-state index is 0.0492. The van der Waals surface area contributed by atoms with E-state index in [4.69, 9.17) is 0 Å². The van der Waals surface area contributed by atoms with Gasteiger partial charge in [0.25, 0.3) is 0 Å². The number of piperazine rings is 1. The Labute approximate surface area is 170 Å². The van der Waals surface area contributed by atoms with Gasteiger partial charge in [0.2, 0.25) is 5.91 Å². The highest BCUT2D eigenvalue weighted by atomic mass is 79.9. The lowest BCUT2D eigenvalue weighted by atomic mass is 9.74. The molecule has 2 aromatic rings. The molecule has 8 heteroatoms. The second kappa shape index (κ2) is 7.52. The van der Waals surface area contributed by atoms with Gasteiger partial charge in [-0.1, -0.05) is 34.1 Å². The maximum atomic E-state index is 13.3. The molecule has 28 heavy (non-hydrogen) atoms. The Kier molecular flexibility index (Phi) is 5.07. The molecule has 0 unspecified atom stereocenters. The van der Waals surface area contributed by atoms with Gasteiger partial charge in [0.15, 0.2) is 0 Å². The van der Waals surface area contributed by atoms with Crippen molar-refractivity contribution in [3.05, 3.63) is 64.4 Å². The maximum Gasteiger partial charge on any atom is 0.322 e. The van der Waals surface area contributed by atoms with Gasteiger partial charge in [0.05, 0.1) is 18.7 Å². The second-order valence-corrected chi connectivity index (χ2v) is 7.93. The van der Waals surface area contributed by atoms with Gasteiger partial charge in [-0.2, -0.15) is 0 Å². The van der Waals surface area contributed by atoms with Crippen LogP contribution in [-0.4, -0.2) is 58.6 Å². The summed E-state index contributed by atoms with van der Waals surface area (Å²) in [5, 5.41) is 12.4. The molecule has 0 saturated carbocycles. The summed E-state index contributed by atoms with van der Waals surface area (Å²) in [4.78, 5) is 28.3. The first-order valence-corrected chi connectivity index (χ1v) is 9.76. The average molecular weight is 448 g/mol. The predicted octanol–water partition coefficient (Wildman–Crippen LogP) is 2.79. The van der Waals surface area contributed by atoms with Crippen molar-refractivity contribution in [1.29, 1.82) is 0 Å². The highest BCUT2D eigenvalue weighted by molar-refractivity contribution is 9.10. The van der Waals surface area contributed by atoms with E-state index in [1.54, 1.807) is 11.0 Å². The number of nitrogens with one attached hydrogen (secondary N) is 1. The Morgan fingerprint density at radius 1 is 1.25 bits per heavy atom. The van der Waals surface area contributed by atoms with E-state index in [1.807, 2.05) is 24.3 Å². The molecule has 2 heterocycles. The topological polar surface area (TPSA) is 72.9 Å². The number of aliphatic hydroxyl groups is 1. The number of hydrogen-bond donors (Lipinski definition) is 2. The van der Waals surface area contributed by atoms with Gasteiger partial charge in [-0.3, -0.25) is 4.79 Å². The van der Waals surface area contributed by atoms with E-state index in [9.17, 15) is 19.1 Å². The number of hydrogen-bond acceptors (Lipinski definition) is 3. The molecule has 3 amide bonds. The van der Waals surface area contributed by atoms with Gasteiger partial charge in [0, 0.05) is 22.6 Å². The Hall–Kier alpha value is -2.45. The minimum Gasteiger partial charge on any atom is -0.394 e. The Morgan fingerprint density at radius 3 is 2.68 bits per heavy atom. The van der Waals surface area contributed by atoms with Crippen molar-refractivity contribution in [2.24, 2.45) is 0 Å². The highest BCUT2D eigenvalue weighted by Gasteiger charge is 2.54. The van der Waals surface area contributed by atoms with Crippen LogP contribution in [0.25, 0.3) is 0 Å². The Balaban J connectivity index is 1.52. The van der Waals surface area contributed by atoms with E-state index in [2.05, 4.69) is 21.2 Å². The summed E-state index contributed by atoms with van der Waals surface area (Å²) in [6.07, 6.45) is 0. The molecule has 0 aliphatic carbocycles. The summed E-state index contributed by atoms with van der Waals surface area (Å²) in [5.41, 5.74) is 1.36. The van der Waals surface area contributed by atoms with E-state index in [1.165, 1.54) is 23.1 Å². The van der Waals surface area contributed by atoms with Crippen molar-refractivity contribution in [1.82, 2.24) is 9.80 Å². The predicted molar refractivity (Wildman–Crippen MR) is 105 cm³/mol. The van der Waals surface area contributed by atoms with Crippen molar-refractivity contribution in [3.8, 4) is 0 Å². The van der Waals surface area contributed by atoms with Crippen LogP contribution in [0.5, 0.6) is 0 Å². The lowest BCUT2D eigenvalue weighted by Crippen LogP contribution is -2.73. The number of halogens is 2. The molecule has 0 aromatic heterocycles. The summed E-state index contributed by atoms with van der Waals surface area (Å²) in [7, 11) is 0. The van der Waals surface area contributed by atoms with Crippen molar-refractivity contribution in [2.75, 3.05) is 25.0 Å². The van der Waals surface area contributed by atoms with Crippen LogP contribution in [0.2, 0.25) is 0 Å². The minimum atomic E-state index is -0.446. The fourth-order valence-electron chi connectivity index (χ4n) is 4.11. The first kappa shape index (κ1) is 18.9. The van der Waals surface area contributed by atoms with Crippen LogP contribution in [0.1, 0.15) is 11.5 Å². The Bertz CT molecular complexity index is 908. The lowest BCUT2D eigenvalue weighted by molar-refractivity contribution is -0.159. The lowest BCUT2D eigenvalue weighted by Gasteiger charge is -2.58. The molecule has 2 aliphatic heterocycles. The van der Waals surface area contributed by atoms with Gasteiger partial charge in [0.1, 0.15) is 12.4 Å². The molecule has 4 rings (SSSR count). The standard InChI is InChI=1S/C20H19BrFN3O3/c21-13-6-4-12(5-7-13)19-16-9-24(10-18(27)25(16)17(19)11-26)20(28)23-15-3-1-2-14(22)8-15/h1-8,16-17,19,26H,9-11H2,(H,23,28)/t16-,17-,19+/m1/s1. The normalized spacial score (nSPS) is 23.8. The molecule has 146 valence electrons. The molecule has 2 fully saturated rings. The zero-order chi connectivity index (χ0) is 19.8. The molecule has 2 N–H and O–H groups in total. The quantitative estimate of drug-likeness (QED) is 0.759. The molecule has 0 radical (unpaired) electrons. The van der Waals surface area contributed by atoms with E-state index < -0.39 is 11.8 Å². The van der Waals surface area contributed by atoms with Crippen LogP contribution < -0.4 is 5.32 Å². The molecule has 6 nitrogen and oxygen atoms in total. The number of nitrogens with zero attached hydrogens (tertiary/aromatic N) is 2. The number of carbonyl (C=O) groups excluding carboxylic acids is 2. The molecule has 0 spiro atoms. The van der Waals surface area contributed by atoms with Crippen LogP contribution in [0.3, 0.4) is 0 Å². The number of amides is 3. The Morgan fingerprint density at radius 2 is 2.00 bits per heavy atom. The molecular weight excluding hydrogens is 429 g/mol. The van der Waals surface area contributed by atoms with Crippen LogP contribution in [0.15, 0.2) is 53.0 Å². The van der Waals surface area contributed by atoms with Gasteiger partial charge in [-0.05, 0) is 35.9 Å². The number of carbonyl (C=O) groups is 2. The number of rotatable bonds is 3. The first-order chi connectivity index (χ1) is 13.5. The van der Waals surface area contributed by atoms with Crippen molar-refractivity contribution < 1.29 is 19.1 Å². The van der Waals surface area contributed by atoms with Crippen LogP contribution >= 0.6 is 15.9 Å². The zero-order valence-electron chi connectivity index (χ0n) is 14.9. The molecule has 2 aromatic carbocycles. The zero-order valence-corrected chi connectivity index (χ0v) is 16.5. The summed E-state index contributed by atoms with van der Waals surface area (Å²) in [6.45, 7) is 0.157. The molecule has 2 saturated heterocycles. The number of benzene rings is 2. The summed E-state index contributed by atoms with van der Waals surface area (Å²) < 4.78 is 14.3. The van der Waals surface area contributed by atoms with Crippen molar-refractivity contribution in [2.45, 2.75) is 18.0 Å². The summed E-state index contributed by atoms with van der Waals surface area (Å²) in [6, 6.07) is 12.5. The van der Waals surface area contributed by atoms with E-state index in [0.29, 0.717) is 12.2 Å². The fraction of sp³-hybridized carbons (Fsp3) is 0.300. The second-order valence-electron chi connectivity index (χ2n) is 7.02. The largest absolute Gasteiger partial charge is 0.394 e. The molecule has 3 atom stereocenters. The van der Waals surface area contributed by atoms with Gasteiger partial charge in [-0.25, -0.2) is 9.18 Å². The monoisotopic (exact) mass is 447 g/mol. The molecule has 0 bridgehead atoms. The van der Waals surface area contributed by atoms with Gasteiger partial charge >= 0.3 is 6.03 Å². The third-order valence-corrected chi connectivity index (χ3v) is 5.90. The van der Waals surface area contributed by atoms with Gasteiger partial charge in [-0.15, -0.1) is 0 Å². The van der Waals surface area contributed by atoms with E-state index in [-0.39, 0.29) is 37.1 Å². The van der Waals surface area contributed by atoms with E-state index >= 15 is 0 Å². The first-order valence-electron chi connectivity index (χ1n) is 8.97. The highest BCUT2D eigenvalue weighted by Crippen LogP contribution is 2.43. The summed E-state index contributed by atoms with van der Waals surface area (Å²) >= 11 is 3.41. The fourth-order valence-corrected chi connectivity index (χ4v) is 4.37. The number of fused-ring (bicyclic) bond motifs is 1. The summed E-state index contributed by atoms with van der Waals surface area (Å²) in [5.74, 6) is -0.691. The third-order valence-electron chi connectivity index (χ3n) is 5.37. The van der Waals surface area contributed by atoms with E-state index in [0.717, 1.165) is 10.0 Å². The van der Waals surface area contributed by atoms with Crippen molar-refractivity contribution >= 4 is 33.6 Å². The van der Waals surface area contributed by atoms with Crippen LogP contribution in [0.4, 0.5) is 14.9 Å². The SMILES string of the molecule is O=C(Nc1cccc(F)c1)N1CC(=O)N2[C@H](CO)[C@@H](c3ccc(Br)cc3)[C@H]2C1. The van der Waals surface area contributed by atoms with Crippen molar-refractivity contribution in [3.63, 3.8) is 0 Å². The average Bonchev–Trinajstić information content (AvgIpc) is 2.65. The van der Waals surface area contributed by atoms with Crippen LogP contribution in [0, 0.1) is 5.82 Å². The molecular formula is C20H19BrFN3O3. The van der Waals surface area contributed by atoms with Gasteiger partial charge < -0.3 is 20.2 Å². The maximum absolute atomic E-state index is 13.3. The number of urea groups is 1. The number of anilines is 1. The third kappa shape index (κ3) is 3.38. The van der Waals surface area contributed by atoms with Crippen LogP contribution in [-0.2, 0) is 4.79 Å².